The first-order valence-electron chi connectivity index (χ1n) is 10.8. The van der Waals surface area contributed by atoms with E-state index in [1.54, 1.807) is 11.0 Å². The number of nitrogens with zero attached hydrogens (tertiary/aromatic N) is 2. The number of benzene rings is 2. The summed E-state index contributed by atoms with van der Waals surface area (Å²) in [4.78, 5) is 15.1. The summed E-state index contributed by atoms with van der Waals surface area (Å²) in [5.41, 5.74) is 10.1. The minimum atomic E-state index is -0.826. The molecule has 0 bridgehead atoms. The lowest BCUT2D eigenvalue weighted by Gasteiger charge is -2.29. The fourth-order valence-electron chi connectivity index (χ4n) is 4.17. The number of nitrogens with two attached hydrogens (primary N) is 1. The fraction of sp³-hybridized carbons (Fsp3) is 0.360. The molecule has 1 aromatic heterocycles. The van der Waals surface area contributed by atoms with E-state index in [0.717, 1.165) is 16.5 Å². The van der Waals surface area contributed by atoms with Crippen molar-refractivity contribution in [3.05, 3.63) is 70.9 Å². The zero-order valence-electron chi connectivity index (χ0n) is 18.1. The number of amides is 1. The van der Waals surface area contributed by atoms with E-state index in [4.69, 9.17) is 11.1 Å². The van der Waals surface area contributed by atoms with E-state index >= 15 is 0 Å². The number of rotatable bonds is 5. The maximum atomic E-state index is 13.6. The molecule has 2 heterocycles. The lowest BCUT2D eigenvalue weighted by Crippen LogP contribution is -2.39. The Balaban J connectivity index is 1.75. The summed E-state index contributed by atoms with van der Waals surface area (Å²) < 4.78 is 15.6. The number of nitrogens with one attached hydrogen (secondary N) is 1. The molecule has 0 aliphatic carbocycles. The molecule has 1 amide bonds. The van der Waals surface area contributed by atoms with Crippen LogP contribution in [-0.4, -0.2) is 40.5 Å². The third-order valence-corrected chi connectivity index (χ3v) is 6.13. The molecule has 0 atom stereocenters. The minimum Gasteiger partial charge on any atom is -0.384 e. The van der Waals surface area contributed by atoms with Crippen molar-refractivity contribution in [3.8, 4) is 0 Å². The second-order valence-corrected chi connectivity index (χ2v) is 8.67. The maximum Gasteiger partial charge on any atom is 0.270 e. The first kappa shape index (κ1) is 21.1. The Morgan fingerprint density at radius 2 is 1.81 bits per heavy atom. The van der Waals surface area contributed by atoms with Crippen LogP contribution in [0.4, 0.5) is 4.39 Å². The van der Waals surface area contributed by atoms with Gasteiger partial charge in [0.05, 0.1) is 0 Å². The highest BCUT2D eigenvalue weighted by Gasteiger charge is 2.26. The van der Waals surface area contributed by atoms with Gasteiger partial charge in [-0.1, -0.05) is 50.2 Å². The van der Waals surface area contributed by atoms with Crippen LogP contribution in [0.2, 0.25) is 0 Å². The number of nitrogen functional groups attached to an aromatic ring is 1. The van der Waals surface area contributed by atoms with E-state index < -0.39 is 6.17 Å². The predicted octanol–water partition coefficient (Wildman–Crippen LogP) is 4.67. The second kappa shape index (κ2) is 8.53. The van der Waals surface area contributed by atoms with Gasteiger partial charge in [0, 0.05) is 36.1 Å². The van der Waals surface area contributed by atoms with E-state index in [1.165, 1.54) is 5.56 Å². The Morgan fingerprint density at radius 1 is 1.13 bits per heavy atom. The SMILES string of the molecule is CC(C)c1ccc(Cn2c(C(=O)N3CCC(F)CC3)cc3ccc(C(=N)N)cc32)cc1. The van der Waals surface area contributed by atoms with Crippen molar-refractivity contribution in [3.63, 3.8) is 0 Å². The smallest absolute Gasteiger partial charge is 0.270 e. The first-order chi connectivity index (χ1) is 14.8. The molecule has 31 heavy (non-hydrogen) atoms. The molecule has 3 N–H and O–H groups in total. The largest absolute Gasteiger partial charge is 0.384 e. The summed E-state index contributed by atoms with van der Waals surface area (Å²) >= 11 is 0. The van der Waals surface area contributed by atoms with Gasteiger partial charge in [-0.3, -0.25) is 10.2 Å². The molecular weight excluding hydrogens is 391 g/mol. The van der Waals surface area contributed by atoms with Gasteiger partial charge in [-0.05, 0) is 42.0 Å². The van der Waals surface area contributed by atoms with Gasteiger partial charge in [-0.25, -0.2) is 4.39 Å². The summed E-state index contributed by atoms with van der Waals surface area (Å²) in [5, 5.41) is 8.72. The second-order valence-electron chi connectivity index (χ2n) is 8.67. The number of likely N-dealkylation sites (tertiary alicyclic amines) is 1. The van der Waals surface area contributed by atoms with Crippen LogP contribution in [0.1, 0.15) is 59.8 Å². The van der Waals surface area contributed by atoms with Crippen LogP contribution in [-0.2, 0) is 6.54 Å². The monoisotopic (exact) mass is 420 g/mol. The number of halogens is 1. The number of carbonyl (C=O) groups excluding carboxylic acids is 1. The molecule has 1 fully saturated rings. The quantitative estimate of drug-likeness (QED) is 0.465. The summed E-state index contributed by atoms with van der Waals surface area (Å²) in [6.45, 7) is 5.72. The summed E-state index contributed by atoms with van der Waals surface area (Å²) in [7, 11) is 0. The van der Waals surface area contributed by atoms with Crippen LogP contribution in [0.3, 0.4) is 0 Å². The van der Waals surface area contributed by atoms with Crippen molar-refractivity contribution >= 4 is 22.6 Å². The highest BCUT2D eigenvalue weighted by Crippen LogP contribution is 2.26. The third-order valence-electron chi connectivity index (χ3n) is 6.13. The van der Waals surface area contributed by atoms with E-state index in [-0.39, 0.29) is 11.7 Å². The highest BCUT2D eigenvalue weighted by molar-refractivity contribution is 6.02. The zero-order valence-corrected chi connectivity index (χ0v) is 18.1. The lowest BCUT2D eigenvalue weighted by atomic mass is 10.0. The Hall–Kier alpha value is -3.15. The number of amidine groups is 1. The zero-order chi connectivity index (χ0) is 22.1. The van der Waals surface area contributed by atoms with E-state index in [2.05, 4.69) is 38.1 Å². The molecule has 0 saturated carbocycles. The average molecular weight is 421 g/mol. The number of fused-ring (bicyclic) bond motifs is 1. The van der Waals surface area contributed by atoms with Crippen molar-refractivity contribution in [2.24, 2.45) is 5.73 Å². The van der Waals surface area contributed by atoms with E-state index in [0.29, 0.717) is 49.7 Å². The van der Waals surface area contributed by atoms with Gasteiger partial charge in [-0.15, -0.1) is 0 Å². The van der Waals surface area contributed by atoms with E-state index in [9.17, 15) is 9.18 Å². The number of alkyl halides is 1. The fourth-order valence-corrected chi connectivity index (χ4v) is 4.17. The van der Waals surface area contributed by atoms with Gasteiger partial charge in [0.2, 0.25) is 0 Å². The van der Waals surface area contributed by atoms with Gasteiger partial charge in [0.25, 0.3) is 5.91 Å². The van der Waals surface area contributed by atoms with Crippen LogP contribution in [0.15, 0.2) is 48.5 Å². The lowest BCUT2D eigenvalue weighted by molar-refractivity contribution is 0.0657. The molecule has 5 nitrogen and oxygen atoms in total. The first-order valence-corrected chi connectivity index (χ1v) is 10.8. The third kappa shape index (κ3) is 4.33. The van der Waals surface area contributed by atoms with Crippen molar-refractivity contribution in [2.45, 2.75) is 45.3 Å². The summed E-state index contributed by atoms with van der Waals surface area (Å²) in [6, 6.07) is 15.9. The van der Waals surface area contributed by atoms with Crippen LogP contribution >= 0.6 is 0 Å². The molecule has 1 aliphatic heterocycles. The highest BCUT2D eigenvalue weighted by atomic mass is 19.1. The number of carbonyl (C=O) groups is 1. The molecule has 4 rings (SSSR count). The molecule has 3 aromatic rings. The van der Waals surface area contributed by atoms with Crippen molar-refractivity contribution in [2.75, 3.05) is 13.1 Å². The van der Waals surface area contributed by atoms with Crippen molar-refractivity contribution in [1.29, 1.82) is 5.41 Å². The number of hydrogen-bond acceptors (Lipinski definition) is 2. The molecule has 0 unspecified atom stereocenters. The summed E-state index contributed by atoms with van der Waals surface area (Å²) in [6.07, 6.45) is -0.0543. The van der Waals surface area contributed by atoms with Gasteiger partial charge in [0.1, 0.15) is 17.7 Å². The molecule has 162 valence electrons. The van der Waals surface area contributed by atoms with Crippen LogP contribution in [0, 0.1) is 5.41 Å². The number of hydrogen-bond donors (Lipinski definition) is 2. The Labute approximate surface area is 182 Å². The van der Waals surface area contributed by atoms with Gasteiger partial charge >= 0.3 is 0 Å². The van der Waals surface area contributed by atoms with Crippen molar-refractivity contribution < 1.29 is 9.18 Å². The normalized spacial score (nSPS) is 15.0. The minimum absolute atomic E-state index is 0.00571. The van der Waals surface area contributed by atoms with Gasteiger partial charge in [-0.2, -0.15) is 0 Å². The Morgan fingerprint density at radius 3 is 2.42 bits per heavy atom. The molecule has 0 radical (unpaired) electrons. The van der Waals surface area contributed by atoms with Gasteiger partial charge in [0.15, 0.2) is 0 Å². The van der Waals surface area contributed by atoms with Crippen LogP contribution in [0.5, 0.6) is 0 Å². The van der Waals surface area contributed by atoms with Crippen LogP contribution in [0.25, 0.3) is 10.9 Å². The molecule has 2 aromatic carbocycles. The Bertz CT molecular complexity index is 1110. The standard InChI is InChI=1S/C25H29FN4O/c1-16(2)18-5-3-17(4-6-18)15-30-22-14-20(24(27)28)8-7-19(22)13-23(30)25(31)29-11-9-21(26)10-12-29/h3-8,13-14,16,21H,9-12,15H2,1-2H3,(H3,27,28). The molecule has 6 heteroatoms. The molecule has 1 saturated heterocycles. The average Bonchev–Trinajstić information content (AvgIpc) is 3.11. The Kier molecular flexibility index (Phi) is 5.81. The summed E-state index contributed by atoms with van der Waals surface area (Å²) in [5.74, 6) is 0.371. The van der Waals surface area contributed by atoms with Gasteiger partial charge < -0.3 is 15.2 Å². The molecular formula is C25H29FN4O. The molecule has 0 spiro atoms. The van der Waals surface area contributed by atoms with Crippen molar-refractivity contribution in [1.82, 2.24) is 9.47 Å². The van der Waals surface area contributed by atoms with E-state index in [1.807, 2.05) is 22.8 Å². The maximum absolute atomic E-state index is 13.6. The number of piperidine rings is 1. The van der Waals surface area contributed by atoms with Crippen LogP contribution < -0.4 is 5.73 Å². The number of aromatic nitrogens is 1. The predicted molar refractivity (Wildman–Crippen MR) is 123 cm³/mol. The molecule has 1 aliphatic rings. The topological polar surface area (TPSA) is 75.1 Å².